The fourth-order valence-electron chi connectivity index (χ4n) is 4.88. The molecule has 2 nitrogen and oxygen atoms in total. The third-order valence-corrected chi connectivity index (χ3v) is 22.4. The second-order valence-electron chi connectivity index (χ2n) is 8.44. The number of aldehydes is 1. The van der Waals surface area contributed by atoms with E-state index in [9.17, 15) is 4.79 Å². The second kappa shape index (κ2) is 13.4. The van der Waals surface area contributed by atoms with E-state index in [0.29, 0.717) is 5.92 Å². The number of carbonyl (C=O) groups is 1. The van der Waals surface area contributed by atoms with Crippen molar-refractivity contribution >= 4 is 24.7 Å². The van der Waals surface area contributed by atoms with Gasteiger partial charge >= 0.3 is 162 Å². The zero-order chi connectivity index (χ0) is 18.5. The fraction of sp³-hybridized carbons (Fsp3) is 0.864. The Morgan fingerprint density at radius 1 is 0.960 bits per heavy atom. The number of unbranched alkanes of at least 4 members (excludes halogenated alkanes) is 3. The molecule has 1 rings (SSSR count). The second-order valence-corrected chi connectivity index (χ2v) is 22.5. The van der Waals surface area contributed by atoms with Crippen molar-refractivity contribution in [1.29, 1.82) is 0 Å². The molecule has 25 heavy (non-hydrogen) atoms. The van der Waals surface area contributed by atoms with E-state index in [1.54, 1.807) is 17.7 Å². The summed E-state index contributed by atoms with van der Waals surface area (Å²) in [6, 6.07) is 0. The van der Waals surface area contributed by atoms with E-state index >= 15 is 0 Å². The zero-order valence-corrected chi connectivity index (χ0v) is 20.1. The summed E-state index contributed by atoms with van der Waals surface area (Å²) < 4.78 is 6.33. The van der Waals surface area contributed by atoms with Crippen molar-refractivity contribution in [3.05, 3.63) is 12.7 Å². The standard InChI is InChI=1S/C10H16NO.3C4H9.Sn/c1-3-5-11-7-9(2)10(8-11)4-6-12;3*1-3-4-2;/h3,6,9-10H,1-2,4-5,7-8H2;3*1,3-4H2,2H3;/t9-,10+;;;;/m1..../s1. The maximum atomic E-state index is 11.2. The van der Waals surface area contributed by atoms with Crippen LogP contribution in [0.3, 0.4) is 0 Å². The molecule has 0 amide bonds. The normalized spacial score (nSPS) is 21.6. The topological polar surface area (TPSA) is 20.3 Å². The van der Waals surface area contributed by atoms with Gasteiger partial charge in [-0.1, -0.05) is 0 Å². The van der Waals surface area contributed by atoms with Crippen molar-refractivity contribution < 1.29 is 4.79 Å². The molecule has 0 N–H and O–H groups in total. The van der Waals surface area contributed by atoms with Crippen LogP contribution in [0.5, 0.6) is 0 Å². The van der Waals surface area contributed by atoms with Crippen LogP contribution < -0.4 is 0 Å². The van der Waals surface area contributed by atoms with E-state index in [1.807, 2.05) is 6.08 Å². The molecule has 1 heterocycles. The monoisotopic (exact) mass is 457 g/mol. The maximum absolute atomic E-state index is 11.2. The molecule has 0 bridgehead atoms. The van der Waals surface area contributed by atoms with Crippen molar-refractivity contribution in [1.82, 2.24) is 4.90 Å². The van der Waals surface area contributed by atoms with E-state index in [4.69, 9.17) is 0 Å². The summed E-state index contributed by atoms with van der Waals surface area (Å²) in [7, 11) is 0. The van der Waals surface area contributed by atoms with Gasteiger partial charge in [0, 0.05) is 0 Å². The Morgan fingerprint density at radius 2 is 1.48 bits per heavy atom. The van der Waals surface area contributed by atoms with E-state index in [2.05, 4.69) is 32.3 Å². The number of likely N-dealkylation sites (tertiary alicyclic amines) is 1. The first kappa shape index (κ1) is 23.2. The van der Waals surface area contributed by atoms with E-state index in [1.165, 1.54) is 51.4 Å². The number of hydrogen-bond acceptors (Lipinski definition) is 2. The van der Waals surface area contributed by atoms with Crippen molar-refractivity contribution in [3.8, 4) is 0 Å². The van der Waals surface area contributed by atoms with Crippen LogP contribution in [0.2, 0.25) is 17.7 Å². The minimum atomic E-state index is -2.10. The van der Waals surface area contributed by atoms with E-state index in [-0.39, 0.29) is 0 Å². The summed E-state index contributed by atoms with van der Waals surface area (Å²) in [4.78, 5) is 13.8. The third kappa shape index (κ3) is 8.15. The Balaban J connectivity index is 2.89. The van der Waals surface area contributed by atoms with Gasteiger partial charge in [-0.25, -0.2) is 0 Å². The van der Waals surface area contributed by atoms with Gasteiger partial charge in [0.05, 0.1) is 0 Å². The molecule has 0 aromatic heterocycles. The molecule has 1 aliphatic heterocycles. The number of nitrogens with zero attached hydrogens (tertiary/aromatic N) is 1. The summed E-state index contributed by atoms with van der Waals surface area (Å²) in [5, 5.41) is 0. The first-order valence-corrected chi connectivity index (χ1v) is 19.0. The molecule has 0 saturated carbocycles. The number of rotatable bonds is 15. The Kier molecular flexibility index (Phi) is 12.4. The van der Waals surface area contributed by atoms with Crippen LogP contribution in [0.25, 0.3) is 0 Å². The van der Waals surface area contributed by atoms with Gasteiger partial charge in [-0.3, -0.25) is 0 Å². The van der Waals surface area contributed by atoms with Crippen LogP contribution in [0.1, 0.15) is 65.7 Å². The predicted octanol–water partition coefficient (Wildman–Crippen LogP) is 6.16. The molecule has 0 spiro atoms. The molecule has 1 fully saturated rings. The van der Waals surface area contributed by atoms with Crippen LogP contribution in [0.15, 0.2) is 12.7 Å². The molecular weight excluding hydrogens is 413 g/mol. The summed E-state index contributed by atoms with van der Waals surface area (Å²) in [6.45, 7) is 14.3. The molecule has 1 saturated heterocycles. The first-order valence-electron chi connectivity index (χ1n) is 10.9. The number of hydrogen-bond donors (Lipinski definition) is 0. The van der Waals surface area contributed by atoms with Crippen molar-refractivity contribution in [2.24, 2.45) is 11.8 Å². The summed E-state index contributed by atoms with van der Waals surface area (Å²) in [5.74, 6) is 1.39. The van der Waals surface area contributed by atoms with Gasteiger partial charge in [0.25, 0.3) is 0 Å². The Bertz CT molecular complexity index is 349. The van der Waals surface area contributed by atoms with Crippen LogP contribution in [-0.4, -0.2) is 49.2 Å². The van der Waals surface area contributed by atoms with Gasteiger partial charge < -0.3 is 0 Å². The molecule has 1 aliphatic rings. The van der Waals surface area contributed by atoms with Gasteiger partial charge in [0.1, 0.15) is 0 Å². The molecule has 0 aliphatic carbocycles. The van der Waals surface area contributed by atoms with Gasteiger partial charge in [-0.2, -0.15) is 0 Å². The molecule has 3 heteroatoms. The first-order chi connectivity index (χ1) is 12.1. The average Bonchev–Trinajstić information content (AvgIpc) is 2.98. The molecular formula is C22H43NOSn. The average molecular weight is 456 g/mol. The SMILES string of the molecule is C=CCN1C[C@H](CC=O)[C@H]([CH2][Sn]([CH2]CCC)([CH2]CCC)[CH2]CCC)C1. The Hall–Kier alpha value is 0.169. The van der Waals surface area contributed by atoms with Crippen LogP contribution >= 0.6 is 0 Å². The molecule has 2 atom stereocenters. The van der Waals surface area contributed by atoms with Crippen molar-refractivity contribution in [2.45, 2.75) is 83.5 Å². The molecule has 0 unspecified atom stereocenters. The molecule has 0 radical (unpaired) electrons. The predicted molar refractivity (Wildman–Crippen MR) is 114 cm³/mol. The van der Waals surface area contributed by atoms with Crippen molar-refractivity contribution in [2.75, 3.05) is 19.6 Å². The van der Waals surface area contributed by atoms with Crippen LogP contribution in [-0.2, 0) is 4.79 Å². The van der Waals surface area contributed by atoms with Gasteiger partial charge in [0.2, 0.25) is 0 Å². The summed E-state index contributed by atoms with van der Waals surface area (Å²) in [6.07, 6.45) is 12.4. The van der Waals surface area contributed by atoms with Gasteiger partial charge in [-0.15, -0.1) is 0 Å². The van der Waals surface area contributed by atoms with E-state index < -0.39 is 18.4 Å². The molecule has 146 valence electrons. The van der Waals surface area contributed by atoms with Crippen LogP contribution in [0.4, 0.5) is 0 Å². The molecule has 0 aromatic rings. The quantitative estimate of drug-likeness (QED) is 0.167. The van der Waals surface area contributed by atoms with Crippen LogP contribution in [0, 0.1) is 11.8 Å². The zero-order valence-electron chi connectivity index (χ0n) is 17.3. The summed E-state index contributed by atoms with van der Waals surface area (Å²) in [5.41, 5.74) is 0. The van der Waals surface area contributed by atoms with Crippen molar-refractivity contribution in [3.63, 3.8) is 0 Å². The number of carbonyl (C=O) groups excluding carboxylic acids is 1. The van der Waals surface area contributed by atoms with Gasteiger partial charge in [0.15, 0.2) is 0 Å². The third-order valence-electron chi connectivity index (χ3n) is 6.32. The Labute approximate surface area is 161 Å². The molecule has 0 aromatic carbocycles. The minimum absolute atomic E-state index is 0.610. The fourth-order valence-corrected chi connectivity index (χ4v) is 22.7. The van der Waals surface area contributed by atoms with Gasteiger partial charge in [-0.05, 0) is 0 Å². The Morgan fingerprint density at radius 3 is 1.92 bits per heavy atom. The van der Waals surface area contributed by atoms with E-state index in [0.717, 1.165) is 25.4 Å². The summed E-state index contributed by atoms with van der Waals surface area (Å²) >= 11 is -2.10.